The van der Waals surface area contributed by atoms with E-state index in [4.69, 9.17) is 5.11 Å². The Labute approximate surface area is 127 Å². The first kappa shape index (κ1) is 14.1. The maximum absolute atomic E-state index is 10.5. The van der Waals surface area contributed by atoms with Crippen molar-refractivity contribution in [2.45, 2.75) is 12.8 Å². The van der Waals surface area contributed by atoms with Gasteiger partial charge in [-0.2, -0.15) is 0 Å². The first-order valence-electron chi connectivity index (χ1n) is 7.08. The summed E-state index contributed by atoms with van der Waals surface area (Å²) >= 11 is 0. The Kier molecular flexibility index (Phi) is 4.00. The summed E-state index contributed by atoms with van der Waals surface area (Å²) in [5, 5.41) is 12.9. The van der Waals surface area contributed by atoms with Crippen LogP contribution in [0.1, 0.15) is 12.8 Å². The van der Waals surface area contributed by atoms with Gasteiger partial charge >= 0.3 is 5.97 Å². The summed E-state index contributed by atoms with van der Waals surface area (Å²) in [4.78, 5) is 19.2. The summed E-state index contributed by atoms with van der Waals surface area (Å²) in [7, 11) is 0. The minimum absolute atomic E-state index is 0.141. The summed E-state index contributed by atoms with van der Waals surface area (Å²) in [6, 6.07) is 10.1. The summed E-state index contributed by atoms with van der Waals surface area (Å²) in [6.45, 7) is 0.552. The van der Waals surface area contributed by atoms with Gasteiger partial charge in [0.2, 0.25) is 0 Å². The number of fused-ring (bicyclic) bond motifs is 1. The molecule has 0 aliphatic heterocycles. The number of hydrogen-bond donors (Lipinski definition) is 2. The Morgan fingerprint density at radius 1 is 1.23 bits per heavy atom. The van der Waals surface area contributed by atoms with Crippen LogP contribution in [0.25, 0.3) is 16.7 Å². The topological polar surface area (TPSA) is 80.0 Å². The van der Waals surface area contributed by atoms with Crippen LogP contribution in [-0.4, -0.2) is 32.2 Å². The zero-order valence-corrected chi connectivity index (χ0v) is 11.9. The smallest absolute Gasteiger partial charge is 0.303 e. The minimum atomic E-state index is -0.791. The number of aliphatic carboxylic acids is 1. The van der Waals surface area contributed by atoms with Crippen molar-refractivity contribution in [3.8, 4) is 5.82 Å². The van der Waals surface area contributed by atoms with Crippen molar-refractivity contribution in [1.82, 2.24) is 14.5 Å². The number of para-hydroxylation sites is 1. The molecule has 2 aromatic heterocycles. The number of carboxylic acids is 1. The molecule has 1 aromatic carbocycles. The number of carboxylic acid groups (broad SMARTS) is 1. The standard InChI is InChI=1S/C16H16N4O2/c21-16(22)6-3-8-18-14-10-17-11-15(19-14)20-9-7-12-4-1-2-5-13(12)20/h1-2,4-5,7,9-11H,3,6,8H2,(H,18,19)(H,21,22). The average Bonchev–Trinajstić information content (AvgIpc) is 2.96. The van der Waals surface area contributed by atoms with E-state index in [1.165, 1.54) is 0 Å². The van der Waals surface area contributed by atoms with Crippen LogP contribution in [0.15, 0.2) is 48.9 Å². The van der Waals surface area contributed by atoms with Crippen LogP contribution in [0, 0.1) is 0 Å². The van der Waals surface area contributed by atoms with E-state index in [2.05, 4.69) is 15.3 Å². The first-order chi connectivity index (χ1) is 10.7. The lowest BCUT2D eigenvalue weighted by Gasteiger charge is -2.08. The number of aromatic nitrogens is 3. The van der Waals surface area contributed by atoms with E-state index in [9.17, 15) is 4.79 Å². The Hall–Kier alpha value is -2.89. The normalized spacial score (nSPS) is 10.7. The number of hydrogen-bond acceptors (Lipinski definition) is 4. The number of rotatable bonds is 6. The van der Waals surface area contributed by atoms with Crippen LogP contribution in [-0.2, 0) is 4.79 Å². The molecule has 0 amide bonds. The third-order valence-corrected chi connectivity index (χ3v) is 3.34. The second kappa shape index (κ2) is 6.26. The number of anilines is 1. The average molecular weight is 296 g/mol. The highest BCUT2D eigenvalue weighted by Gasteiger charge is 2.05. The number of nitrogens with zero attached hydrogens (tertiary/aromatic N) is 3. The molecule has 112 valence electrons. The zero-order chi connectivity index (χ0) is 15.4. The van der Waals surface area contributed by atoms with Crippen LogP contribution < -0.4 is 5.32 Å². The molecule has 3 rings (SSSR count). The molecule has 0 atom stereocenters. The second-order valence-electron chi connectivity index (χ2n) is 4.93. The van der Waals surface area contributed by atoms with Crippen molar-refractivity contribution in [2.24, 2.45) is 0 Å². The molecule has 0 spiro atoms. The molecule has 6 heteroatoms. The molecular formula is C16H16N4O2. The van der Waals surface area contributed by atoms with Gasteiger partial charge in [0.1, 0.15) is 5.82 Å². The van der Waals surface area contributed by atoms with Crippen LogP contribution in [0.2, 0.25) is 0 Å². The third-order valence-electron chi connectivity index (χ3n) is 3.34. The fourth-order valence-corrected chi connectivity index (χ4v) is 2.30. The predicted octanol–water partition coefficient (Wildman–Crippen LogP) is 2.70. The maximum atomic E-state index is 10.5. The van der Waals surface area contributed by atoms with Gasteiger partial charge in [-0.25, -0.2) is 4.98 Å². The highest BCUT2D eigenvalue weighted by atomic mass is 16.4. The van der Waals surface area contributed by atoms with E-state index in [1.54, 1.807) is 12.4 Å². The van der Waals surface area contributed by atoms with E-state index in [-0.39, 0.29) is 6.42 Å². The lowest BCUT2D eigenvalue weighted by atomic mass is 10.2. The maximum Gasteiger partial charge on any atom is 0.303 e. The van der Waals surface area contributed by atoms with Gasteiger partial charge in [0.15, 0.2) is 5.82 Å². The molecule has 6 nitrogen and oxygen atoms in total. The van der Waals surface area contributed by atoms with Gasteiger partial charge < -0.3 is 10.4 Å². The van der Waals surface area contributed by atoms with Crippen molar-refractivity contribution in [2.75, 3.05) is 11.9 Å². The summed E-state index contributed by atoms with van der Waals surface area (Å²) in [5.74, 6) is 0.575. The summed E-state index contributed by atoms with van der Waals surface area (Å²) < 4.78 is 1.98. The SMILES string of the molecule is O=C(O)CCCNc1cncc(-n2ccc3ccccc32)n1. The molecular weight excluding hydrogens is 280 g/mol. The second-order valence-corrected chi connectivity index (χ2v) is 4.93. The van der Waals surface area contributed by atoms with E-state index >= 15 is 0 Å². The van der Waals surface area contributed by atoms with E-state index < -0.39 is 5.97 Å². The van der Waals surface area contributed by atoms with Gasteiger partial charge in [-0.1, -0.05) is 18.2 Å². The molecule has 0 unspecified atom stereocenters. The van der Waals surface area contributed by atoms with E-state index in [0.29, 0.717) is 18.8 Å². The number of benzene rings is 1. The lowest BCUT2D eigenvalue weighted by Crippen LogP contribution is -2.08. The molecule has 0 bridgehead atoms. The third kappa shape index (κ3) is 3.06. The van der Waals surface area contributed by atoms with Crippen LogP contribution in [0.5, 0.6) is 0 Å². The van der Waals surface area contributed by atoms with Crippen LogP contribution in [0.3, 0.4) is 0 Å². The van der Waals surface area contributed by atoms with Crippen molar-refractivity contribution >= 4 is 22.7 Å². The molecule has 0 saturated carbocycles. The largest absolute Gasteiger partial charge is 0.481 e. The van der Waals surface area contributed by atoms with Gasteiger partial charge in [0.05, 0.1) is 17.9 Å². The number of nitrogens with one attached hydrogen (secondary N) is 1. The van der Waals surface area contributed by atoms with Gasteiger partial charge in [0.25, 0.3) is 0 Å². The monoisotopic (exact) mass is 296 g/mol. The van der Waals surface area contributed by atoms with Crippen LogP contribution >= 0.6 is 0 Å². The van der Waals surface area contributed by atoms with E-state index in [1.807, 2.05) is 41.1 Å². The zero-order valence-electron chi connectivity index (χ0n) is 11.9. The predicted molar refractivity (Wildman–Crippen MR) is 84.2 cm³/mol. The quantitative estimate of drug-likeness (QED) is 0.684. The Bertz CT molecular complexity index is 797. The van der Waals surface area contributed by atoms with E-state index in [0.717, 1.165) is 16.7 Å². The van der Waals surface area contributed by atoms with Crippen molar-refractivity contribution in [1.29, 1.82) is 0 Å². The molecule has 0 radical (unpaired) electrons. The Morgan fingerprint density at radius 3 is 2.95 bits per heavy atom. The molecule has 0 aliphatic carbocycles. The molecule has 2 N–H and O–H groups in total. The van der Waals surface area contributed by atoms with Gasteiger partial charge in [0, 0.05) is 19.2 Å². The molecule has 2 heterocycles. The fourth-order valence-electron chi connectivity index (χ4n) is 2.30. The lowest BCUT2D eigenvalue weighted by molar-refractivity contribution is -0.137. The molecule has 3 aromatic rings. The Morgan fingerprint density at radius 2 is 2.09 bits per heavy atom. The van der Waals surface area contributed by atoms with Crippen LogP contribution in [0.4, 0.5) is 5.82 Å². The summed E-state index contributed by atoms with van der Waals surface area (Å²) in [6.07, 6.45) is 5.99. The molecule has 22 heavy (non-hydrogen) atoms. The van der Waals surface area contributed by atoms with Crippen molar-refractivity contribution in [3.05, 3.63) is 48.9 Å². The molecule has 0 fully saturated rings. The Balaban J connectivity index is 1.77. The molecule has 0 saturated heterocycles. The molecule has 0 aliphatic rings. The minimum Gasteiger partial charge on any atom is -0.481 e. The van der Waals surface area contributed by atoms with Gasteiger partial charge in [-0.3, -0.25) is 14.3 Å². The number of carbonyl (C=O) groups is 1. The fraction of sp³-hybridized carbons (Fsp3) is 0.188. The van der Waals surface area contributed by atoms with Gasteiger partial charge in [-0.15, -0.1) is 0 Å². The van der Waals surface area contributed by atoms with Gasteiger partial charge in [-0.05, 0) is 23.9 Å². The van der Waals surface area contributed by atoms with Crippen molar-refractivity contribution in [3.63, 3.8) is 0 Å². The van der Waals surface area contributed by atoms with Crippen molar-refractivity contribution < 1.29 is 9.90 Å². The highest BCUT2D eigenvalue weighted by molar-refractivity contribution is 5.81. The highest BCUT2D eigenvalue weighted by Crippen LogP contribution is 2.19. The summed E-state index contributed by atoms with van der Waals surface area (Å²) in [5.41, 5.74) is 1.07. The first-order valence-corrected chi connectivity index (χ1v) is 7.08.